The Morgan fingerprint density at radius 1 is 0.815 bits per heavy atom. The van der Waals surface area contributed by atoms with Crippen molar-refractivity contribution in [1.29, 1.82) is 0 Å². The number of ketones is 1. The van der Waals surface area contributed by atoms with Gasteiger partial charge in [0.05, 0.1) is 16.6 Å². The van der Waals surface area contributed by atoms with Crippen molar-refractivity contribution in [3.8, 4) is 0 Å². The fraction of sp³-hybridized carbons (Fsp3) is 0.0455. The number of hydrogen-bond donors (Lipinski definition) is 0. The number of carbonyl (C=O) groups is 3. The second kappa shape index (κ2) is 5.38. The molecule has 27 heavy (non-hydrogen) atoms. The summed E-state index contributed by atoms with van der Waals surface area (Å²) in [7, 11) is 1.45. The number of amides is 2. The number of carbonyl (C=O) groups excluding carboxylic acids is 3. The van der Waals surface area contributed by atoms with Crippen molar-refractivity contribution in [2.45, 2.75) is 0 Å². The molecule has 2 amide bonds. The molecule has 0 spiro atoms. The van der Waals surface area contributed by atoms with Gasteiger partial charge in [0.25, 0.3) is 11.8 Å². The van der Waals surface area contributed by atoms with Gasteiger partial charge in [-0.3, -0.25) is 19.3 Å². The predicted octanol–water partition coefficient (Wildman–Crippen LogP) is 3.55. The lowest BCUT2D eigenvalue weighted by molar-refractivity contribution is 0.0690. The van der Waals surface area contributed by atoms with Gasteiger partial charge < -0.3 is 4.40 Å². The third-order valence-electron chi connectivity index (χ3n) is 5.11. The van der Waals surface area contributed by atoms with Gasteiger partial charge in [-0.2, -0.15) is 0 Å². The van der Waals surface area contributed by atoms with Gasteiger partial charge in [0.1, 0.15) is 5.69 Å². The Morgan fingerprint density at radius 2 is 1.48 bits per heavy atom. The third kappa shape index (κ3) is 1.96. The summed E-state index contributed by atoms with van der Waals surface area (Å²) < 4.78 is 1.69. The Morgan fingerprint density at radius 3 is 2.26 bits per heavy atom. The Hall–Kier alpha value is -3.73. The van der Waals surface area contributed by atoms with Gasteiger partial charge in [-0.15, -0.1) is 0 Å². The van der Waals surface area contributed by atoms with E-state index < -0.39 is 5.91 Å². The Balaban J connectivity index is 1.95. The summed E-state index contributed by atoms with van der Waals surface area (Å²) in [4.78, 5) is 40.0. The number of nitrogens with zero attached hydrogens (tertiary/aromatic N) is 2. The molecule has 0 saturated heterocycles. The molecule has 2 aromatic heterocycles. The summed E-state index contributed by atoms with van der Waals surface area (Å²) in [5.41, 5.74) is 1.80. The van der Waals surface area contributed by atoms with Crippen molar-refractivity contribution >= 4 is 33.9 Å². The van der Waals surface area contributed by atoms with Crippen molar-refractivity contribution in [2.75, 3.05) is 7.05 Å². The summed E-state index contributed by atoms with van der Waals surface area (Å²) in [5, 5.41) is 1.78. The number of imide groups is 1. The van der Waals surface area contributed by atoms with Gasteiger partial charge in [-0.1, -0.05) is 54.6 Å². The van der Waals surface area contributed by atoms with Crippen molar-refractivity contribution in [2.24, 2.45) is 0 Å². The summed E-state index contributed by atoms with van der Waals surface area (Å²) in [6, 6.07) is 18.3. The van der Waals surface area contributed by atoms with E-state index in [9.17, 15) is 14.4 Å². The lowest BCUT2D eigenvalue weighted by Crippen LogP contribution is -2.26. The monoisotopic (exact) mass is 354 g/mol. The van der Waals surface area contributed by atoms with E-state index in [0.717, 1.165) is 15.7 Å². The normalized spacial score (nSPS) is 13.6. The highest BCUT2D eigenvalue weighted by Gasteiger charge is 2.41. The van der Waals surface area contributed by atoms with Gasteiger partial charge in [-0.25, -0.2) is 0 Å². The molecular formula is C22H14N2O3. The minimum atomic E-state index is -0.443. The number of aromatic nitrogens is 1. The maximum Gasteiger partial charge on any atom is 0.263 e. The van der Waals surface area contributed by atoms with Crippen molar-refractivity contribution in [1.82, 2.24) is 9.30 Å². The smallest absolute Gasteiger partial charge is 0.263 e. The Bertz CT molecular complexity index is 1290. The molecule has 5 heteroatoms. The highest BCUT2D eigenvalue weighted by Crippen LogP contribution is 2.36. The molecule has 3 heterocycles. The van der Waals surface area contributed by atoms with E-state index in [-0.39, 0.29) is 22.9 Å². The third-order valence-corrected chi connectivity index (χ3v) is 5.11. The first-order valence-electron chi connectivity index (χ1n) is 8.57. The van der Waals surface area contributed by atoms with Crippen LogP contribution in [0.1, 0.15) is 36.8 Å². The van der Waals surface area contributed by atoms with E-state index in [4.69, 9.17) is 0 Å². The number of pyridine rings is 1. The van der Waals surface area contributed by atoms with Crippen LogP contribution >= 0.6 is 0 Å². The van der Waals surface area contributed by atoms with E-state index in [1.165, 1.54) is 7.05 Å². The number of fused-ring (bicyclic) bond motifs is 5. The number of benzene rings is 2. The Labute approximate surface area is 154 Å². The zero-order chi connectivity index (χ0) is 18.7. The standard InChI is InChI=1S/C22H14N2O3/c1-23-21(26)16-17(22(23)27)19(20(25)14-8-3-2-4-9-14)24-12-11-13-7-5-6-10-15(13)18(16)24/h2-12H,1H3. The fourth-order valence-corrected chi connectivity index (χ4v) is 3.81. The maximum absolute atomic E-state index is 13.3. The molecule has 0 saturated carbocycles. The second-order valence-corrected chi connectivity index (χ2v) is 6.58. The van der Waals surface area contributed by atoms with E-state index in [1.807, 2.05) is 36.4 Å². The van der Waals surface area contributed by atoms with E-state index >= 15 is 0 Å². The molecule has 5 nitrogen and oxygen atoms in total. The van der Waals surface area contributed by atoms with Crippen LogP contribution < -0.4 is 0 Å². The van der Waals surface area contributed by atoms with Crippen LogP contribution in [-0.2, 0) is 0 Å². The van der Waals surface area contributed by atoms with Crippen molar-refractivity contribution < 1.29 is 14.4 Å². The lowest BCUT2D eigenvalue weighted by atomic mass is 10.0. The van der Waals surface area contributed by atoms with Gasteiger partial charge in [0.15, 0.2) is 0 Å². The molecule has 0 N–H and O–H groups in total. The van der Waals surface area contributed by atoms with Crippen LogP contribution in [0.5, 0.6) is 0 Å². The molecule has 0 radical (unpaired) electrons. The SMILES string of the molecule is CN1C(=O)c2c(c3c4ccccc4ccn3c2C(=O)c2ccccc2)C1=O. The first-order chi connectivity index (χ1) is 13.1. The average Bonchev–Trinajstić information content (AvgIpc) is 3.17. The van der Waals surface area contributed by atoms with Crippen LogP contribution in [0.2, 0.25) is 0 Å². The molecular weight excluding hydrogens is 340 g/mol. The summed E-state index contributed by atoms with van der Waals surface area (Å²) >= 11 is 0. The maximum atomic E-state index is 13.3. The minimum Gasteiger partial charge on any atom is -0.311 e. The lowest BCUT2D eigenvalue weighted by Gasteiger charge is -2.11. The first-order valence-corrected chi connectivity index (χ1v) is 8.57. The van der Waals surface area contributed by atoms with E-state index in [1.54, 1.807) is 34.9 Å². The molecule has 5 rings (SSSR count). The summed E-state index contributed by atoms with van der Waals surface area (Å²) in [6.07, 6.45) is 1.76. The van der Waals surface area contributed by atoms with Crippen molar-refractivity contribution in [3.05, 3.63) is 89.2 Å². The van der Waals surface area contributed by atoms with Crippen LogP contribution in [0.3, 0.4) is 0 Å². The predicted molar refractivity (Wildman–Crippen MR) is 101 cm³/mol. The van der Waals surface area contributed by atoms with Gasteiger partial charge in [0, 0.05) is 24.2 Å². The largest absolute Gasteiger partial charge is 0.311 e. The number of hydrogen-bond acceptors (Lipinski definition) is 3. The summed E-state index contributed by atoms with van der Waals surface area (Å²) in [5.74, 6) is -1.10. The minimum absolute atomic E-state index is 0.188. The first kappa shape index (κ1) is 15.5. The van der Waals surface area contributed by atoms with Crippen LogP contribution in [-0.4, -0.2) is 33.9 Å². The van der Waals surface area contributed by atoms with Crippen molar-refractivity contribution in [3.63, 3.8) is 0 Å². The van der Waals surface area contributed by atoms with Gasteiger partial charge in [-0.05, 0) is 11.5 Å². The molecule has 0 atom stereocenters. The zero-order valence-corrected chi connectivity index (χ0v) is 14.5. The highest BCUT2D eigenvalue weighted by atomic mass is 16.2. The van der Waals surface area contributed by atoms with Gasteiger partial charge >= 0.3 is 0 Å². The van der Waals surface area contributed by atoms with Crippen LogP contribution in [0, 0.1) is 0 Å². The molecule has 0 bridgehead atoms. The van der Waals surface area contributed by atoms with E-state index in [2.05, 4.69) is 0 Å². The molecule has 1 aliphatic heterocycles. The summed E-state index contributed by atoms with van der Waals surface area (Å²) in [6.45, 7) is 0. The molecule has 2 aromatic carbocycles. The van der Waals surface area contributed by atoms with Crippen LogP contribution in [0.4, 0.5) is 0 Å². The molecule has 130 valence electrons. The molecule has 0 aliphatic carbocycles. The average molecular weight is 354 g/mol. The van der Waals surface area contributed by atoms with Crippen LogP contribution in [0.15, 0.2) is 66.9 Å². The number of rotatable bonds is 2. The molecule has 0 unspecified atom stereocenters. The zero-order valence-electron chi connectivity index (χ0n) is 14.5. The molecule has 0 fully saturated rings. The van der Waals surface area contributed by atoms with Gasteiger partial charge in [0.2, 0.25) is 5.78 Å². The van der Waals surface area contributed by atoms with E-state index in [0.29, 0.717) is 16.6 Å². The topological polar surface area (TPSA) is 58.9 Å². The Kier molecular flexibility index (Phi) is 3.09. The second-order valence-electron chi connectivity index (χ2n) is 6.58. The molecule has 4 aromatic rings. The fourth-order valence-electron chi connectivity index (χ4n) is 3.81. The molecule has 1 aliphatic rings. The van der Waals surface area contributed by atoms with Crippen LogP contribution in [0.25, 0.3) is 16.3 Å². The quantitative estimate of drug-likeness (QED) is 0.409. The highest BCUT2D eigenvalue weighted by molar-refractivity contribution is 6.31.